The van der Waals surface area contributed by atoms with E-state index in [4.69, 9.17) is 16.3 Å². The Morgan fingerprint density at radius 3 is 2.71 bits per heavy atom. The summed E-state index contributed by atoms with van der Waals surface area (Å²) in [5, 5.41) is -0.0989. The van der Waals surface area contributed by atoms with E-state index in [9.17, 15) is 4.79 Å². The van der Waals surface area contributed by atoms with Crippen LogP contribution >= 0.6 is 11.6 Å². The molecule has 0 spiro atoms. The molecule has 1 aromatic rings. The number of allylic oxidation sites excluding steroid dienone is 1. The monoisotopic (exact) mass is 306 g/mol. The molecule has 0 amide bonds. The van der Waals surface area contributed by atoms with E-state index in [-0.39, 0.29) is 17.3 Å². The van der Waals surface area contributed by atoms with Crippen LogP contribution in [0.25, 0.3) is 5.76 Å². The Morgan fingerprint density at radius 1 is 1.24 bits per heavy atom. The number of rotatable bonds is 5. The molecule has 1 aliphatic heterocycles. The summed E-state index contributed by atoms with van der Waals surface area (Å²) in [7, 11) is 0. The van der Waals surface area contributed by atoms with Gasteiger partial charge in [-0.2, -0.15) is 0 Å². The molecule has 1 aliphatic rings. The van der Waals surface area contributed by atoms with Crippen molar-refractivity contribution in [1.82, 2.24) is 0 Å². The molecule has 21 heavy (non-hydrogen) atoms. The number of halogens is 1. The van der Waals surface area contributed by atoms with E-state index in [2.05, 4.69) is 6.92 Å². The molecule has 0 unspecified atom stereocenters. The SMILES string of the molecule is CCCCC[C@@H]1O/C(c2ccccc2)=C\C(=O)CC[C@@H]1Cl. The van der Waals surface area contributed by atoms with Crippen molar-refractivity contribution in [2.45, 2.75) is 56.9 Å². The van der Waals surface area contributed by atoms with E-state index in [1.54, 1.807) is 6.08 Å². The van der Waals surface area contributed by atoms with Crippen LogP contribution in [-0.2, 0) is 9.53 Å². The van der Waals surface area contributed by atoms with Crippen LogP contribution in [0.1, 0.15) is 51.0 Å². The van der Waals surface area contributed by atoms with Gasteiger partial charge in [-0.15, -0.1) is 11.6 Å². The molecule has 3 heteroatoms. The number of ketones is 1. The van der Waals surface area contributed by atoms with Crippen LogP contribution in [0.4, 0.5) is 0 Å². The smallest absolute Gasteiger partial charge is 0.159 e. The summed E-state index contributed by atoms with van der Waals surface area (Å²) in [6, 6.07) is 9.79. The Morgan fingerprint density at radius 2 is 2.00 bits per heavy atom. The van der Waals surface area contributed by atoms with Crippen LogP contribution in [0.3, 0.4) is 0 Å². The first kappa shape index (κ1) is 16.1. The molecule has 0 radical (unpaired) electrons. The predicted octanol–water partition coefficient (Wildman–Crippen LogP) is 4.96. The first-order valence-corrected chi connectivity index (χ1v) is 8.25. The number of hydrogen-bond acceptors (Lipinski definition) is 2. The quantitative estimate of drug-likeness (QED) is 0.567. The first-order chi connectivity index (χ1) is 10.2. The molecule has 0 aliphatic carbocycles. The summed E-state index contributed by atoms with van der Waals surface area (Å²) in [6.45, 7) is 2.19. The maximum Gasteiger partial charge on any atom is 0.159 e. The Balaban J connectivity index is 2.16. The fraction of sp³-hybridized carbons (Fsp3) is 0.500. The van der Waals surface area contributed by atoms with Crippen molar-refractivity contribution in [2.75, 3.05) is 0 Å². The van der Waals surface area contributed by atoms with Crippen LogP contribution in [-0.4, -0.2) is 17.3 Å². The zero-order valence-electron chi connectivity index (χ0n) is 12.6. The Hall–Kier alpha value is -1.28. The highest BCUT2D eigenvalue weighted by molar-refractivity contribution is 6.21. The van der Waals surface area contributed by atoms with Crippen molar-refractivity contribution < 1.29 is 9.53 Å². The fourth-order valence-corrected chi connectivity index (χ4v) is 2.83. The normalized spacial score (nSPS) is 25.4. The Bertz CT molecular complexity index is 481. The van der Waals surface area contributed by atoms with Crippen LogP contribution in [0.2, 0.25) is 0 Å². The van der Waals surface area contributed by atoms with E-state index in [0.717, 1.165) is 18.4 Å². The number of hydrogen-bond donors (Lipinski definition) is 0. The largest absolute Gasteiger partial charge is 0.488 e. The van der Waals surface area contributed by atoms with Crippen molar-refractivity contribution in [3.8, 4) is 0 Å². The van der Waals surface area contributed by atoms with Gasteiger partial charge in [0.25, 0.3) is 0 Å². The van der Waals surface area contributed by atoms with Crippen LogP contribution in [0.15, 0.2) is 36.4 Å². The molecular weight excluding hydrogens is 284 g/mol. The van der Waals surface area contributed by atoms with Gasteiger partial charge >= 0.3 is 0 Å². The lowest BCUT2D eigenvalue weighted by Crippen LogP contribution is -2.27. The second-order valence-electron chi connectivity index (χ2n) is 5.55. The highest BCUT2D eigenvalue weighted by Gasteiger charge is 2.25. The van der Waals surface area contributed by atoms with Crippen LogP contribution in [0.5, 0.6) is 0 Å². The summed E-state index contributed by atoms with van der Waals surface area (Å²) in [6.07, 6.45) is 7.23. The molecule has 2 atom stereocenters. The van der Waals surface area contributed by atoms with Gasteiger partial charge in [-0.3, -0.25) is 4.79 Å². The lowest BCUT2D eigenvalue weighted by molar-refractivity contribution is -0.115. The average Bonchev–Trinajstić information content (AvgIpc) is 2.50. The number of ether oxygens (including phenoxy) is 1. The van der Waals surface area contributed by atoms with E-state index >= 15 is 0 Å². The maximum absolute atomic E-state index is 11.9. The van der Waals surface area contributed by atoms with Gasteiger partial charge < -0.3 is 4.74 Å². The van der Waals surface area contributed by atoms with Crippen molar-refractivity contribution in [3.05, 3.63) is 42.0 Å². The molecule has 0 aromatic heterocycles. The molecule has 114 valence electrons. The molecule has 0 N–H and O–H groups in total. The first-order valence-electron chi connectivity index (χ1n) is 7.81. The molecular formula is C18H23ClO2. The zero-order valence-corrected chi connectivity index (χ0v) is 13.3. The highest BCUT2D eigenvalue weighted by Crippen LogP contribution is 2.28. The zero-order chi connectivity index (χ0) is 15.1. The third-order valence-corrected chi connectivity index (χ3v) is 4.29. The summed E-state index contributed by atoms with van der Waals surface area (Å²) in [5.41, 5.74) is 0.942. The lowest BCUT2D eigenvalue weighted by atomic mass is 10.0. The highest BCUT2D eigenvalue weighted by atomic mass is 35.5. The number of benzene rings is 1. The number of carbonyl (C=O) groups is 1. The minimum absolute atomic E-state index is 0.0160. The standard InChI is InChI=1S/C18H23ClO2/c1-2-3-5-10-17-16(19)12-11-15(20)13-18(21-17)14-8-6-4-7-9-14/h4,6-9,13,16-17H,2-3,5,10-12H2,1H3/b18-13-/t16-,17-/m0/s1. The van der Waals surface area contributed by atoms with Crippen molar-refractivity contribution >= 4 is 23.1 Å². The van der Waals surface area contributed by atoms with E-state index in [1.165, 1.54) is 12.8 Å². The molecule has 2 rings (SSSR count). The number of unbranched alkanes of at least 4 members (excludes halogenated alkanes) is 2. The number of alkyl halides is 1. The van der Waals surface area contributed by atoms with Crippen molar-refractivity contribution in [1.29, 1.82) is 0 Å². The molecule has 2 nitrogen and oxygen atoms in total. The van der Waals surface area contributed by atoms with Gasteiger partial charge in [0, 0.05) is 18.1 Å². The minimum atomic E-state index is -0.0989. The second-order valence-corrected chi connectivity index (χ2v) is 6.11. The summed E-state index contributed by atoms with van der Waals surface area (Å²) in [5.74, 6) is 0.749. The van der Waals surface area contributed by atoms with Crippen LogP contribution < -0.4 is 0 Å². The van der Waals surface area contributed by atoms with Gasteiger partial charge in [0.15, 0.2) is 5.78 Å². The minimum Gasteiger partial charge on any atom is -0.488 e. The van der Waals surface area contributed by atoms with Gasteiger partial charge in [0.05, 0.1) is 5.38 Å². The molecule has 1 aromatic carbocycles. The summed E-state index contributed by atoms with van der Waals surface area (Å²) < 4.78 is 6.12. The molecule has 0 bridgehead atoms. The summed E-state index contributed by atoms with van der Waals surface area (Å²) >= 11 is 6.45. The Kier molecular flexibility index (Phi) is 6.31. The second kappa shape index (κ2) is 8.23. The Labute approximate surface area is 132 Å². The molecule has 1 heterocycles. The van der Waals surface area contributed by atoms with Gasteiger partial charge in [-0.05, 0) is 19.3 Å². The third-order valence-electron chi connectivity index (χ3n) is 3.79. The van der Waals surface area contributed by atoms with E-state index in [1.807, 2.05) is 30.3 Å². The van der Waals surface area contributed by atoms with E-state index in [0.29, 0.717) is 18.6 Å². The predicted molar refractivity (Wildman–Crippen MR) is 87.3 cm³/mol. The van der Waals surface area contributed by atoms with Crippen molar-refractivity contribution in [2.24, 2.45) is 0 Å². The molecule has 0 saturated heterocycles. The van der Waals surface area contributed by atoms with Crippen molar-refractivity contribution in [3.63, 3.8) is 0 Å². The number of carbonyl (C=O) groups excluding carboxylic acids is 1. The van der Waals surface area contributed by atoms with Gasteiger partial charge in [-0.25, -0.2) is 0 Å². The summed E-state index contributed by atoms with van der Waals surface area (Å²) in [4.78, 5) is 11.9. The van der Waals surface area contributed by atoms with Gasteiger partial charge in [0.1, 0.15) is 11.9 Å². The van der Waals surface area contributed by atoms with E-state index < -0.39 is 0 Å². The topological polar surface area (TPSA) is 26.3 Å². The van der Waals surface area contributed by atoms with Gasteiger partial charge in [0.2, 0.25) is 0 Å². The lowest BCUT2D eigenvalue weighted by Gasteiger charge is -2.27. The maximum atomic E-state index is 11.9. The van der Waals surface area contributed by atoms with Gasteiger partial charge in [-0.1, -0.05) is 50.1 Å². The molecule has 0 saturated carbocycles. The fourth-order valence-electron chi connectivity index (χ4n) is 2.54. The van der Waals surface area contributed by atoms with Crippen LogP contribution in [0, 0.1) is 0 Å². The molecule has 0 fully saturated rings. The average molecular weight is 307 g/mol. The third kappa shape index (κ3) is 4.89.